The molecule has 1 aromatic carbocycles. The second-order valence-electron chi connectivity index (χ2n) is 3.29. The molecule has 0 unspecified atom stereocenters. The van der Waals surface area contributed by atoms with Gasteiger partial charge in [0.15, 0.2) is 0 Å². The molecule has 1 nitrogen and oxygen atoms in total. The maximum Gasteiger partial charge on any atom is 0.129 e. The van der Waals surface area contributed by atoms with Gasteiger partial charge < -0.3 is 0 Å². The standard InChI is InChI=1S/C11H14BrClFN/c1-2-15(6-5-12)8-9-3-4-10(13)7-11(9)14/h3-4,7H,2,5-6,8H2,1H3. The highest BCUT2D eigenvalue weighted by Crippen LogP contribution is 2.16. The summed E-state index contributed by atoms with van der Waals surface area (Å²) < 4.78 is 13.5. The molecular formula is C11H14BrClFN. The molecule has 0 N–H and O–H groups in total. The lowest BCUT2D eigenvalue weighted by atomic mass is 10.2. The van der Waals surface area contributed by atoms with Crippen molar-refractivity contribution in [2.45, 2.75) is 13.5 Å². The van der Waals surface area contributed by atoms with Crippen molar-refractivity contribution < 1.29 is 4.39 Å². The number of halogens is 3. The van der Waals surface area contributed by atoms with Crippen molar-refractivity contribution in [1.82, 2.24) is 4.90 Å². The summed E-state index contributed by atoms with van der Waals surface area (Å²) in [6.07, 6.45) is 0. The first-order valence-electron chi connectivity index (χ1n) is 4.89. The highest BCUT2D eigenvalue weighted by Gasteiger charge is 2.07. The third kappa shape index (κ3) is 4.09. The number of alkyl halides is 1. The van der Waals surface area contributed by atoms with Gasteiger partial charge in [0, 0.05) is 29.0 Å². The van der Waals surface area contributed by atoms with Gasteiger partial charge >= 0.3 is 0 Å². The van der Waals surface area contributed by atoms with E-state index < -0.39 is 0 Å². The van der Waals surface area contributed by atoms with Crippen LogP contribution in [0.15, 0.2) is 18.2 Å². The number of benzene rings is 1. The Labute approximate surface area is 103 Å². The molecule has 15 heavy (non-hydrogen) atoms. The molecule has 84 valence electrons. The summed E-state index contributed by atoms with van der Waals surface area (Å²) in [5.74, 6) is -0.226. The number of hydrogen-bond acceptors (Lipinski definition) is 1. The Kier molecular flexibility index (Phi) is 5.58. The third-order valence-electron chi connectivity index (χ3n) is 2.26. The van der Waals surface area contributed by atoms with Crippen LogP contribution in [0, 0.1) is 5.82 Å². The Balaban J connectivity index is 2.70. The maximum absolute atomic E-state index is 13.5. The van der Waals surface area contributed by atoms with E-state index in [0.717, 1.165) is 18.4 Å². The van der Waals surface area contributed by atoms with Crippen LogP contribution in [-0.4, -0.2) is 23.3 Å². The minimum atomic E-state index is -0.226. The molecule has 0 atom stereocenters. The summed E-state index contributed by atoms with van der Waals surface area (Å²) in [7, 11) is 0. The molecule has 0 aliphatic rings. The van der Waals surface area contributed by atoms with Crippen LogP contribution < -0.4 is 0 Å². The van der Waals surface area contributed by atoms with Crippen molar-refractivity contribution in [3.8, 4) is 0 Å². The average molecular weight is 295 g/mol. The van der Waals surface area contributed by atoms with Crippen LogP contribution in [0.4, 0.5) is 4.39 Å². The number of rotatable bonds is 5. The predicted molar refractivity (Wildman–Crippen MR) is 66.2 cm³/mol. The summed E-state index contributed by atoms with van der Waals surface area (Å²) in [5, 5.41) is 1.34. The Morgan fingerprint density at radius 2 is 2.20 bits per heavy atom. The highest BCUT2D eigenvalue weighted by molar-refractivity contribution is 9.09. The van der Waals surface area contributed by atoms with Crippen molar-refractivity contribution in [3.05, 3.63) is 34.6 Å². The molecule has 1 rings (SSSR count). The molecule has 0 amide bonds. The van der Waals surface area contributed by atoms with Crippen LogP contribution in [0.25, 0.3) is 0 Å². The molecule has 0 aliphatic heterocycles. The summed E-state index contributed by atoms with van der Waals surface area (Å²) in [6, 6.07) is 4.83. The average Bonchev–Trinajstić information content (AvgIpc) is 2.21. The van der Waals surface area contributed by atoms with Gasteiger partial charge in [0.2, 0.25) is 0 Å². The largest absolute Gasteiger partial charge is 0.298 e. The van der Waals surface area contributed by atoms with Gasteiger partial charge in [-0.15, -0.1) is 0 Å². The van der Waals surface area contributed by atoms with Gasteiger partial charge in [-0.1, -0.05) is 40.5 Å². The molecule has 0 fully saturated rings. The quantitative estimate of drug-likeness (QED) is 0.749. The van der Waals surface area contributed by atoms with E-state index in [1.54, 1.807) is 12.1 Å². The fraction of sp³-hybridized carbons (Fsp3) is 0.455. The molecule has 0 saturated heterocycles. The van der Waals surface area contributed by atoms with Gasteiger partial charge in [-0.25, -0.2) is 4.39 Å². The fourth-order valence-corrected chi connectivity index (χ4v) is 2.02. The topological polar surface area (TPSA) is 3.24 Å². The lowest BCUT2D eigenvalue weighted by Crippen LogP contribution is -2.25. The van der Waals surface area contributed by atoms with Crippen molar-refractivity contribution >= 4 is 27.5 Å². The zero-order valence-corrected chi connectivity index (χ0v) is 11.0. The van der Waals surface area contributed by atoms with Crippen molar-refractivity contribution in [2.75, 3.05) is 18.4 Å². The molecular weight excluding hydrogens is 280 g/mol. The van der Waals surface area contributed by atoms with E-state index in [0.29, 0.717) is 17.1 Å². The van der Waals surface area contributed by atoms with Crippen LogP contribution in [-0.2, 0) is 6.54 Å². The maximum atomic E-state index is 13.5. The Bertz CT molecular complexity index is 319. The summed E-state index contributed by atoms with van der Waals surface area (Å²) >= 11 is 9.07. The molecule has 0 aromatic heterocycles. The van der Waals surface area contributed by atoms with Gasteiger partial charge in [-0.2, -0.15) is 0 Å². The van der Waals surface area contributed by atoms with E-state index in [9.17, 15) is 4.39 Å². The Morgan fingerprint density at radius 3 is 2.73 bits per heavy atom. The van der Waals surface area contributed by atoms with Crippen molar-refractivity contribution in [3.63, 3.8) is 0 Å². The number of hydrogen-bond donors (Lipinski definition) is 0. The zero-order valence-electron chi connectivity index (χ0n) is 8.64. The Hall–Kier alpha value is -0.120. The molecule has 0 radical (unpaired) electrons. The molecule has 1 aromatic rings. The van der Waals surface area contributed by atoms with E-state index in [1.165, 1.54) is 6.07 Å². The van der Waals surface area contributed by atoms with Crippen molar-refractivity contribution in [2.24, 2.45) is 0 Å². The minimum Gasteiger partial charge on any atom is -0.298 e. The smallest absolute Gasteiger partial charge is 0.129 e. The van der Waals surface area contributed by atoms with Gasteiger partial charge in [-0.05, 0) is 18.7 Å². The molecule has 0 spiro atoms. The fourth-order valence-electron chi connectivity index (χ4n) is 1.36. The second-order valence-corrected chi connectivity index (χ2v) is 4.52. The zero-order chi connectivity index (χ0) is 11.3. The van der Waals surface area contributed by atoms with Gasteiger partial charge in [0.05, 0.1) is 0 Å². The first-order valence-corrected chi connectivity index (χ1v) is 6.39. The van der Waals surface area contributed by atoms with E-state index >= 15 is 0 Å². The van der Waals surface area contributed by atoms with Gasteiger partial charge in [-0.3, -0.25) is 4.90 Å². The van der Waals surface area contributed by atoms with E-state index in [-0.39, 0.29) is 5.82 Å². The lowest BCUT2D eigenvalue weighted by Gasteiger charge is -2.19. The lowest BCUT2D eigenvalue weighted by molar-refractivity contribution is 0.294. The molecule has 4 heteroatoms. The summed E-state index contributed by atoms with van der Waals surface area (Å²) in [6.45, 7) is 4.52. The van der Waals surface area contributed by atoms with E-state index in [2.05, 4.69) is 27.8 Å². The predicted octanol–water partition coefficient (Wildman–Crippen LogP) is 3.70. The molecule has 0 heterocycles. The van der Waals surface area contributed by atoms with Gasteiger partial charge in [0.1, 0.15) is 5.82 Å². The molecule has 0 aliphatic carbocycles. The summed E-state index contributed by atoms with van der Waals surface area (Å²) in [5.41, 5.74) is 0.696. The monoisotopic (exact) mass is 293 g/mol. The molecule has 0 saturated carbocycles. The SMILES string of the molecule is CCN(CCBr)Cc1ccc(Cl)cc1F. The van der Waals surface area contributed by atoms with Crippen LogP contribution in [0.3, 0.4) is 0 Å². The first kappa shape index (κ1) is 12.9. The van der Waals surface area contributed by atoms with Gasteiger partial charge in [0.25, 0.3) is 0 Å². The van der Waals surface area contributed by atoms with Crippen molar-refractivity contribution in [1.29, 1.82) is 0 Å². The van der Waals surface area contributed by atoms with Crippen LogP contribution in [0.1, 0.15) is 12.5 Å². The number of nitrogens with zero attached hydrogens (tertiary/aromatic N) is 1. The van der Waals surface area contributed by atoms with Crippen LogP contribution >= 0.6 is 27.5 Å². The van der Waals surface area contributed by atoms with E-state index in [1.807, 2.05) is 0 Å². The van der Waals surface area contributed by atoms with Crippen LogP contribution in [0.2, 0.25) is 5.02 Å². The van der Waals surface area contributed by atoms with E-state index in [4.69, 9.17) is 11.6 Å². The Morgan fingerprint density at radius 1 is 1.47 bits per heavy atom. The minimum absolute atomic E-state index is 0.226. The molecule has 0 bridgehead atoms. The first-order chi connectivity index (χ1) is 7.17. The summed E-state index contributed by atoms with van der Waals surface area (Å²) in [4.78, 5) is 2.17. The van der Waals surface area contributed by atoms with Crippen LogP contribution in [0.5, 0.6) is 0 Å². The third-order valence-corrected chi connectivity index (χ3v) is 2.85. The second kappa shape index (κ2) is 6.46. The normalized spacial score (nSPS) is 11.0. The highest BCUT2D eigenvalue weighted by atomic mass is 79.9.